The highest BCUT2D eigenvalue weighted by atomic mass is 16.5. The Balaban J connectivity index is 1.72. The van der Waals surface area contributed by atoms with Gasteiger partial charge < -0.3 is 20.3 Å². The second kappa shape index (κ2) is 7.48. The van der Waals surface area contributed by atoms with Crippen LogP contribution in [0.5, 0.6) is 0 Å². The Morgan fingerprint density at radius 1 is 1.08 bits per heavy atom. The van der Waals surface area contributed by atoms with Crippen LogP contribution in [0.4, 0.5) is 22.1 Å². The van der Waals surface area contributed by atoms with Crippen LogP contribution in [-0.4, -0.2) is 42.3 Å². The summed E-state index contributed by atoms with van der Waals surface area (Å²) in [6.07, 6.45) is 0. The largest absolute Gasteiger partial charge is 0.378 e. The molecule has 7 nitrogen and oxygen atoms in total. The molecule has 7 heteroatoms. The number of aryl methyl sites for hydroxylation is 3. The average Bonchev–Trinajstić information content (AvgIpc) is 2.59. The molecule has 2 amide bonds. The summed E-state index contributed by atoms with van der Waals surface area (Å²) in [5.74, 6) is 0.683. The molecule has 2 N–H and O–H groups in total. The van der Waals surface area contributed by atoms with E-state index in [4.69, 9.17) is 4.74 Å². The fourth-order valence-electron chi connectivity index (χ4n) is 2.78. The summed E-state index contributed by atoms with van der Waals surface area (Å²) < 4.78 is 5.36. The first-order valence-electron chi connectivity index (χ1n) is 8.35. The van der Waals surface area contributed by atoms with Gasteiger partial charge in [-0.2, -0.15) is 0 Å². The monoisotopic (exact) mass is 341 g/mol. The van der Waals surface area contributed by atoms with Crippen LogP contribution in [0, 0.1) is 20.8 Å². The lowest BCUT2D eigenvalue weighted by Gasteiger charge is -2.27. The number of carbonyl (C=O) groups excluding carboxylic acids is 1. The number of carbonyl (C=O) groups is 1. The van der Waals surface area contributed by atoms with Gasteiger partial charge >= 0.3 is 6.03 Å². The van der Waals surface area contributed by atoms with E-state index in [-0.39, 0.29) is 6.03 Å². The van der Waals surface area contributed by atoms with Crippen molar-refractivity contribution in [3.63, 3.8) is 0 Å². The fourth-order valence-corrected chi connectivity index (χ4v) is 2.78. The number of anilines is 3. The van der Waals surface area contributed by atoms with Gasteiger partial charge in [-0.25, -0.2) is 14.8 Å². The smallest absolute Gasteiger partial charge is 0.323 e. The highest BCUT2D eigenvalue weighted by Crippen LogP contribution is 2.21. The summed E-state index contributed by atoms with van der Waals surface area (Å²) in [6, 6.07) is 7.35. The SMILES string of the molecule is Cc1cccc(NC(=O)Nc2c(C)nc(N3CCOCC3)nc2C)c1. The van der Waals surface area contributed by atoms with Crippen LogP contribution in [-0.2, 0) is 4.74 Å². The Bertz CT molecular complexity index is 749. The molecule has 1 saturated heterocycles. The molecule has 1 aromatic heterocycles. The van der Waals surface area contributed by atoms with Crippen molar-refractivity contribution in [3.05, 3.63) is 41.2 Å². The van der Waals surface area contributed by atoms with Crippen molar-refractivity contribution < 1.29 is 9.53 Å². The number of hydrogen-bond acceptors (Lipinski definition) is 5. The number of morpholine rings is 1. The van der Waals surface area contributed by atoms with E-state index in [9.17, 15) is 4.79 Å². The number of aromatic nitrogens is 2. The van der Waals surface area contributed by atoms with Crippen molar-refractivity contribution in [2.45, 2.75) is 20.8 Å². The van der Waals surface area contributed by atoms with Crippen LogP contribution in [0.3, 0.4) is 0 Å². The fraction of sp³-hybridized carbons (Fsp3) is 0.389. The number of urea groups is 1. The summed E-state index contributed by atoms with van der Waals surface area (Å²) >= 11 is 0. The van der Waals surface area contributed by atoms with Crippen LogP contribution >= 0.6 is 0 Å². The normalized spacial score (nSPS) is 14.3. The molecular weight excluding hydrogens is 318 g/mol. The molecule has 1 aliphatic heterocycles. The van der Waals surface area contributed by atoms with Gasteiger partial charge in [-0.05, 0) is 38.5 Å². The zero-order valence-corrected chi connectivity index (χ0v) is 14.8. The van der Waals surface area contributed by atoms with E-state index in [0.717, 1.165) is 35.7 Å². The van der Waals surface area contributed by atoms with E-state index in [2.05, 4.69) is 25.5 Å². The molecule has 2 heterocycles. The summed E-state index contributed by atoms with van der Waals surface area (Å²) in [7, 11) is 0. The molecule has 25 heavy (non-hydrogen) atoms. The van der Waals surface area contributed by atoms with Gasteiger partial charge in [0.2, 0.25) is 5.95 Å². The molecule has 0 saturated carbocycles. The van der Waals surface area contributed by atoms with E-state index in [0.29, 0.717) is 24.8 Å². The number of nitrogens with one attached hydrogen (secondary N) is 2. The number of benzene rings is 1. The molecular formula is C18H23N5O2. The summed E-state index contributed by atoms with van der Waals surface area (Å²) in [4.78, 5) is 23.5. The Morgan fingerprint density at radius 2 is 1.76 bits per heavy atom. The highest BCUT2D eigenvalue weighted by molar-refractivity contribution is 6.00. The Labute approximate surface area is 147 Å². The second-order valence-electron chi connectivity index (χ2n) is 6.12. The van der Waals surface area contributed by atoms with Gasteiger partial charge in [-0.3, -0.25) is 0 Å². The minimum Gasteiger partial charge on any atom is -0.378 e. The number of rotatable bonds is 3. The Morgan fingerprint density at radius 3 is 2.40 bits per heavy atom. The van der Waals surface area contributed by atoms with Gasteiger partial charge in [0.15, 0.2) is 0 Å². The average molecular weight is 341 g/mol. The van der Waals surface area contributed by atoms with Crippen LogP contribution in [0.25, 0.3) is 0 Å². The van der Waals surface area contributed by atoms with Crippen LogP contribution in [0.2, 0.25) is 0 Å². The molecule has 0 radical (unpaired) electrons. The molecule has 1 aliphatic rings. The highest BCUT2D eigenvalue weighted by Gasteiger charge is 2.17. The third-order valence-corrected chi connectivity index (χ3v) is 4.07. The van der Waals surface area contributed by atoms with Crippen molar-refractivity contribution >= 4 is 23.4 Å². The van der Waals surface area contributed by atoms with Crippen molar-refractivity contribution in [3.8, 4) is 0 Å². The topological polar surface area (TPSA) is 79.4 Å². The van der Waals surface area contributed by atoms with E-state index in [1.54, 1.807) is 0 Å². The van der Waals surface area contributed by atoms with Gasteiger partial charge in [0, 0.05) is 18.8 Å². The van der Waals surface area contributed by atoms with E-state index < -0.39 is 0 Å². The van der Waals surface area contributed by atoms with E-state index in [1.807, 2.05) is 45.0 Å². The minimum atomic E-state index is -0.306. The van der Waals surface area contributed by atoms with Crippen LogP contribution in [0.15, 0.2) is 24.3 Å². The van der Waals surface area contributed by atoms with Crippen LogP contribution < -0.4 is 15.5 Å². The first kappa shape index (κ1) is 17.2. The molecule has 0 atom stereocenters. The molecule has 2 aromatic rings. The van der Waals surface area contributed by atoms with Gasteiger partial charge in [-0.1, -0.05) is 12.1 Å². The number of ether oxygens (including phenoxy) is 1. The first-order valence-corrected chi connectivity index (χ1v) is 8.35. The Hall–Kier alpha value is -2.67. The maximum absolute atomic E-state index is 12.3. The first-order chi connectivity index (χ1) is 12.0. The standard InChI is InChI=1S/C18H23N5O2/c1-12-5-4-6-15(11-12)21-18(24)22-16-13(2)19-17(20-14(16)3)23-7-9-25-10-8-23/h4-6,11H,7-10H2,1-3H3,(H2,21,22,24). The van der Waals surface area contributed by atoms with Gasteiger partial charge in [0.25, 0.3) is 0 Å². The molecule has 1 fully saturated rings. The molecule has 3 rings (SSSR count). The third-order valence-electron chi connectivity index (χ3n) is 4.07. The molecule has 0 unspecified atom stereocenters. The predicted molar refractivity (Wildman–Crippen MR) is 98.4 cm³/mol. The summed E-state index contributed by atoms with van der Waals surface area (Å²) in [5.41, 5.74) is 3.96. The molecule has 132 valence electrons. The summed E-state index contributed by atoms with van der Waals surface area (Å²) in [5, 5.41) is 5.69. The lowest BCUT2D eigenvalue weighted by Crippen LogP contribution is -2.37. The minimum absolute atomic E-state index is 0.306. The molecule has 0 spiro atoms. The van der Waals surface area contributed by atoms with Crippen molar-refractivity contribution in [2.75, 3.05) is 41.8 Å². The zero-order chi connectivity index (χ0) is 17.8. The second-order valence-corrected chi connectivity index (χ2v) is 6.12. The van der Waals surface area contributed by atoms with Crippen LogP contribution in [0.1, 0.15) is 17.0 Å². The Kier molecular flexibility index (Phi) is 5.14. The molecule has 0 aliphatic carbocycles. The van der Waals surface area contributed by atoms with Gasteiger partial charge in [0.1, 0.15) is 0 Å². The van der Waals surface area contributed by atoms with E-state index >= 15 is 0 Å². The van der Waals surface area contributed by atoms with Gasteiger partial charge in [0.05, 0.1) is 30.3 Å². The zero-order valence-electron chi connectivity index (χ0n) is 14.8. The molecule has 0 bridgehead atoms. The lowest BCUT2D eigenvalue weighted by molar-refractivity contribution is 0.122. The lowest BCUT2D eigenvalue weighted by atomic mass is 10.2. The quantitative estimate of drug-likeness (QED) is 0.897. The van der Waals surface area contributed by atoms with Crippen molar-refractivity contribution in [2.24, 2.45) is 0 Å². The van der Waals surface area contributed by atoms with Crippen molar-refractivity contribution in [1.29, 1.82) is 0 Å². The predicted octanol–water partition coefficient (Wildman–Crippen LogP) is 2.88. The van der Waals surface area contributed by atoms with Gasteiger partial charge in [-0.15, -0.1) is 0 Å². The summed E-state index contributed by atoms with van der Waals surface area (Å²) in [6.45, 7) is 8.65. The number of hydrogen-bond donors (Lipinski definition) is 2. The van der Waals surface area contributed by atoms with E-state index in [1.165, 1.54) is 0 Å². The molecule has 1 aromatic carbocycles. The maximum Gasteiger partial charge on any atom is 0.323 e. The van der Waals surface area contributed by atoms with Crippen molar-refractivity contribution in [1.82, 2.24) is 9.97 Å². The third kappa shape index (κ3) is 4.24. The maximum atomic E-state index is 12.3. The number of nitrogens with zero attached hydrogens (tertiary/aromatic N) is 3. The number of amides is 2.